The molecule has 0 saturated carbocycles. The molecule has 2 aromatic rings. The number of halogens is 2. The van der Waals surface area contributed by atoms with Crippen LogP contribution >= 0.6 is 11.6 Å². The van der Waals surface area contributed by atoms with E-state index in [9.17, 15) is 24.1 Å². The molecule has 0 radical (unpaired) electrons. The maximum atomic E-state index is 13.6. The van der Waals surface area contributed by atoms with E-state index >= 15 is 0 Å². The first-order valence-corrected chi connectivity index (χ1v) is 7.37. The Labute approximate surface area is 146 Å². The highest BCUT2D eigenvalue weighted by Gasteiger charge is 2.15. The summed E-state index contributed by atoms with van der Waals surface area (Å²) in [5.74, 6) is -2.17. The number of hydrogen-bond acceptors (Lipinski definition) is 5. The first kappa shape index (κ1) is 18.3. The molecule has 0 aromatic heterocycles. The lowest BCUT2D eigenvalue weighted by molar-refractivity contribution is -0.384. The van der Waals surface area contributed by atoms with Crippen LogP contribution in [-0.2, 0) is 20.7 Å². The molecular weight excluding hydrogens is 355 g/mol. The van der Waals surface area contributed by atoms with Gasteiger partial charge in [0, 0.05) is 28.4 Å². The molecule has 0 aliphatic rings. The number of nitrogens with zero attached hydrogens (tertiary/aromatic N) is 1. The molecule has 0 fully saturated rings. The molecule has 7 nitrogen and oxygen atoms in total. The number of nitro benzene ring substituents is 1. The lowest BCUT2D eigenvalue weighted by Gasteiger charge is -2.08. The number of ether oxygens (including phenoxy) is 1. The number of nitrogens with one attached hydrogen (secondary N) is 1. The van der Waals surface area contributed by atoms with Crippen molar-refractivity contribution < 1.29 is 23.6 Å². The van der Waals surface area contributed by atoms with Gasteiger partial charge in [-0.1, -0.05) is 23.7 Å². The minimum Gasteiger partial charge on any atom is -0.455 e. The number of benzene rings is 2. The predicted molar refractivity (Wildman–Crippen MR) is 87.8 cm³/mol. The molecule has 25 heavy (non-hydrogen) atoms. The summed E-state index contributed by atoms with van der Waals surface area (Å²) >= 11 is 5.80. The first-order valence-electron chi connectivity index (χ1n) is 6.99. The van der Waals surface area contributed by atoms with E-state index in [2.05, 4.69) is 5.32 Å². The Balaban J connectivity index is 1.88. The summed E-state index contributed by atoms with van der Waals surface area (Å²) in [4.78, 5) is 33.5. The van der Waals surface area contributed by atoms with E-state index in [4.69, 9.17) is 16.3 Å². The van der Waals surface area contributed by atoms with Crippen LogP contribution in [0.5, 0.6) is 0 Å². The minimum absolute atomic E-state index is 0.0201. The molecule has 0 unspecified atom stereocenters. The maximum absolute atomic E-state index is 13.6. The van der Waals surface area contributed by atoms with Gasteiger partial charge < -0.3 is 10.1 Å². The Hall–Kier alpha value is -3.00. The van der Waals surface area contributed by atoms with E-state index in [0.29, 0.717) is 0 Å². The molecule has 2 aromatic carbocycles. The number of amides is 1. The molecule has 0 saturated heterocycles. The summed E-state index contributed by atoms with van der Waals surface area (Å²) in [5, 5.41) is 13.1. The zero-order valence-corrected chi connectivity index (χ0v) is 13.5. The zero-order chi connectivity index (χ0) is 18.4. The topological polar surface area (TPSA) is 98.5 Å². The summed E-state index contributed by atoms with van der Waals surface area (Å²) < 4.78 is 18.3. The summed E-state index contributed by atoms with van der Waals surface area (Å²) in [6, 6.07) is 9.28. The molecule has 9 heteroatoms. The molecule has 2 rings (SSSR count). The van der Waals surface area contributed by atoms with Crippen molar-refractivity contribution in [2.24, 2.45) is 0 Å². The Kier molecular flexibility index (Phi) is 6.02. The fourth-order valence-corrected chi connectivity index (χ4v) is 2.17. The van der Waals surface area contributed by atoms with Crippen LogP contribution in [0, 0.1) is 15.9 Å². The van der Waals surface area contributed by atoms with Crippen LogP contribution in [0.15, 0.2) is 42.5 Å². The quantitative estimate of drug-likeness (QED) is 0.481. The predicted octanol–water partition coefficient (Wildman–Crippen LogP) is 3.11. The van der Waals surface area contributed by atoms with Gasteiger partial charge in [-0.2, -0.15) is 0 Å². The third-order valence-electron chi connectivity index (χ3n) is 3.09. The van der Waals surface area contributed by atoms with E-state index in [1.54, 1.807) is 0 Å². The molecule has 130 valence electrons. The third-order valence-corrected chi connectivity index (χ3v) is 3.44. The van der Waals surface area contributed by atoms with Gasteiger partial charge in [-0.15, -0.1) is 0 Å². The molecule has 0 heterocycles. The summed E-state index contributed by atoms with van der Waals surface area (Å²) in [6.07, 6.45) is -0.421. The third kappa shape index (κ3) is 5.25. The SMILES string of the molecule is O=C(COC(=O)Cc1c(F)cccc1Cl)Nc1cccc([N+](=O)[O-])c1. The number of carbonyl (C=O) groups is 2. The average Bonchev–Trinajstić information content (AvgIpc) is 2.56. The summed E-state index contributed by atoms with van der Waals surface area (Å²) in [6.45, 7) is -0.617. The Morgan fingerprint density at radius 1 is 1.24 bits per heavy atom. The normalized spacial score (nSPS) is 10.2. The zero-order valence-electron chi connectivity index (χ0n) is 12.7. The second-order valence-corrected chi connectivity index (χ2v) is 5.30. The van der Waals surface area contributed by atoms with Crippen molar-refractivity contribution in [2.45, 2.75) is 6.42 Å². The second-order valence-electron chi connectivity index (χ2n) is 4.89. The van der Waals surface area contributed by atoms with Gasteiger partial charge in [0.1, 0.15) is 5.82 Å². The largest absolute Gasteiger partial charge is 0.455 e. The van der Waals surface area contributed by atoms with Crippen LogP contribution < -0.4 is 5.32 Å². The van der Waals surface area contributed by atoms with Crippen molar-refractivity contribution in [3.05, 3.63) is 69.0 Å². The summed E-state index contributed by atoms with van der Waals surface area (Å²) in [5.41, 5.74) is -0.0235. The maximum Gasteiger partial charge on any atom is 0.310 e. The van der Waals surface area contributed by atoms with Crippen molar-refractivity contribution in [1.29, 1.82) is 0 Å². The molecule has 0 aliphatic carbocycles. The Morgan fingerprint density at radius 2 is 1.96 bits per heavy atom. The van der Waals surface area contributed by atoms with Gasteiger partial charge in [-0.05, 0) is 18.2 Å². The fourth-order valence-electron chi connectivity index (χ4n) is 1.94. The van der Waals surface area contributed by atoms with Crippen molar-refractivity contribution in [3.63, 3.8) is 0 Å². The Morgan fingerprint density at radius 3 is 2.64 bits per heavy atom. The number of anilines is 1. The number of esters is 1. The van der Waals surface area contributed by atoms with Crippen LogP contribution in [0.3, 0.4) is 0 Å². The average molecular weight is 367 g/mol. The molecule has 1 amide bonds. The molecule has 1 N–H and O–H groups in total. The van der Waals surface area contributed by atoms with Gasteiger partial charge in [-0.25, -0.2) is 4.39 Å². The van der Waals surface area contributed by atoms with Crippen LogP contribution in [-0.4, -0.2) is 23.4 Å². The summed E-state index contributed by atoms with van der Waals surface area (Å²) in [7, 11) is 0. The van der Waals surface area contributed by atoms with Gasteiger partial charge in [0.15, 0.2) is 6.61 Å². The standard InChI is InChI=1S/C16H12ClFN2O5/c17-13-5-2-6-14(18)12(13)8-16(22)25-9-15(21)19-10-3-1-4-11(7-10)20(23)24/h1-7H,8-9H2,(H,19,21). The van der Waals surface area contributed by atoms with Crippen molar-refractivity contribution >= 4 is 34.9 Å². The monoisotopic (exact) mass is 366 g/mol. The molecular formula is C16H12ClFN2O5. The second kappa shape index (κ2) is 8.20. The van der Waals surface area contributed by atoms with Crippen molar-refractivity contribution in [2.75, 3.05) is 11.9 Å². The number of non-ortho nitro benzene ring substituents is 1. The van der Waals surface area contributed by atoms with Gasteiger partial charge >= 0.3 is 5.97 Å². The van der Waals surface area contributed by atoms with E-state index < -0.39 is 35.6 Å². The van der Waals surface area contributed by atoms with E-state index in [0.717, 1.165) is 6.07 Å². The lowest BCUT2D eigenvalue weighted by atomic mass is 10.1. The van der Waals surface area contributed by atoms with E-state index in [1.807, 2.05) is 0 Å². The number of hydrogen-bond donors (Lipinski definition) is 1. The lowest BCUT2D eigenvalue weighted by Crippen LogP contribution is -2.22. The smallest absolute Gasteiger partial charge is 0.310 e. The van der Waals surface area contributed by atoms with Crippen molar-refractivity contribution in [1.82, 2.24) is 0 Å². The number of carbonyl (C=O) groups excluding carboxylic acids is 2. The van der Waals surface area contributed by atoms with Crippen LogP contribution in [0.2, 0.25) is 5.02 Å². The van der Waals surface area contributed by atoms with Gasteiger partial charge in [0.2, 0.25) is 0 Å². The van der Waals surface area contributed by atoms with Crippen LogP contribution in [0.1, 0.15) is 5.56 Å². The van der Waals surface area contributed by atoms with E-state index in [-0.39, 0.29) is 22.0 Å². The number of nitro groups is 1. The first-order chi connectivity index (χ1) is 11.9. The highest BCUT2D eigenvalue weighted by molar-refractivity contribution is 6.31. The van der Waals surface area contributed by atoms with Gasteiger partial charge in [0.25, 0.3) is 11.6 Å². The molecule has 0 atom stereocenters. The van der Waals surface area contributed by atoms with Gasteiger partial charge in [0.05, 0.1) is 11.3 Å². The van der Waals surface area contributed by atoms with Crippen LogP contribution in [0.25, 0.3) is 0 Å². The highest BCUT2D eigenvalue weighted by Crippen LogP contribution is 2.20. The van der Waals surface area contributed by atoms with Crippen LogP contribution in [0.4, 0.5) is 15.8 Å². The molecule has 0 spiro atoms. The van der Waals surface area contributed by atoms with Gasteiger partial charge in [-0.3, -0.25) is 19.7 Å². The van der Waals surface area contributed by atoms with E-state index in [1.165, 1.54) is 36.4 Å². The van der Waals surface area contributed by atoms with Crippen molar-refractivity contribution in [3.8, 4) is 0 Å². The minimum atomic E-state index is -0.832. The molecule has 0 bridgehead atoms. The highest BCUT2D eigenvalue weighted by atomic mass is 35.5. The number of rotatable bonds is 6. The fraction of sp³-hybridized carbons (Fsp3) is 0.125. The Bertz CT molecular complexity index is 808. The molecule has 0 aliphatic heterocycles.